The summed E-state index contributed by atoms with van der Waals surface area (Å²) in [6, 6.07) is 9.11. The van der Waals surface area contributed by atoms with Crippen LogP contribution in [0, 0.1) is 28.1 Å². The summed E-state index contributed by atoms with van der Waals surface area (Å²) < 4.78 is 5.17. The van der Waals surface area contributed by atoms with Crippen molar-refractivity contribution in [2.75, 3.05) is 12.4 Å². The van der Waals surface area contributed by atoms with Crippen LogP contribution in [0.3, 0.4) is 0 Å². The van der Waals surface area contributed by atoms with Gasteiger partial charge >= 0.3 is 0 Å². The van der Waals surface area contributed by atoms with Crippen LogP contribution in [0.15, 0.2) is 18.2 Å². The second-order valence-electron chi connectivity index (χ2n) is 4.85. The maximum atomic E-state index is 12.4. The summed E-state index contributed by atoms with van der Waals surface area (Å²) in [4.78, 5) is 12.4. The lowest BCUT2D eigenvalue weighted by Crippen LogP contribution is -2.32. The zero-order valence-electron chi connectivity index (χ0n) is 11.3. The molecule has 1 N–H and O–H groups in total. The van der Waals surface area contributed by atoms with Crippen molar-refractivity contribution >= 4 is 11.6 Å². The Morgan fingerprint density at radius 1 is 1.35 bits per heavy atom. The van der Waals surface area contributed by atoms with Crippen molar-refractivity contribution in [1.82, 2.24) is 0 Å². The van der Waals surface area contributed by atoms with Gasteiger partial charge in [0.15, 0.2) is 0 Å². The summed E-state index contributed by atoms with van der Waals surface area (Å²) in [6.07, 6.45) is 2.87. The van der Waals surface area contributed by atoms with Gasteiger partial charge in [0.2, 0.25) is 5.91 Å². The molecule has 0 spiro atoms. The highest BCUT2D eigenvalue weighted by Crippen LogP contribution is 2.39. The molecule has 1 saturated carbocycles. The maximum absolute atomic E-state index is 12.4. The lowest BCUT2D eigenvalue weighted by atomic mass is 9.87. The van der Waals surface area contributed by atoms with Gasteiger partial charge in [0.25, 0.3) is 0 Å². The third-order valence-electron chi connectivity index (χ3n) is 3.71. The minimum atomic E-state index is -0.979. The zero-order valence-corrected chi connectivity index (χ0v) is 11.3. The monoisotopic (exact) mass is 269 g/mol. The predicted molar refractivity (Wildman–Crippen MR) is 72.9 cm³/mol. The smallest absolute Gasteiger partial charge is 0.244 e. The number of ether oxygens (including phenoxy) is 1. The average Bonchev–Trinajstić information content (AvgIpc) is 2.97. The number of benzene rings is 1. The molecule has 102 valence electrons. The lowest BCUT2D eigenvalue weighted by molar-refractivity contribution is -0.122. The Labute approximate surface area is 117 Å². The molecule has 1 fully saturated rings. The predicted octanol–water partition coefficient (Wildman–Crippen LogP) is 2.59. The summed E-state index contributed by atoms with van der Waals surface area (Å²) in [5, 5.41) is 21.1. The first kappa shape index (κ1) is 13.9. The summed E-state index contributed by atoms with van der Waals surface area (Å²) >= 11 is 0. The largest absolute Gasteiger partial charge is 0.495 e. The molecule has 0 aromatic heterocycles. The van der Waals surface area contributed by atoms with Crippen molar-refractivity contribution in [2.45, 2.75) is 25.7 Å². The number of anilines is 1. The van der Waals surface area contributed by atoms with Gasteiger partial charge in [0.05, 0.1) is 18.7 Å². The minimum absolute atomic E-state index is 0.323. The van der Waals surface area contributed by atoms with E-state index >= 15 is 0 Å². The van der Waals surface area contributed by atoms with Crippen LogP contribution in [0.4, 0.5) is 5.69 Å². The van der Waals surface area contributed by atoms with Gasteiger partial charge < -0.3 is 10.1 Å². The molecule has 2 rings (SSSR count). The first-order chi connectivity index (χ1) is 9.66. The van der Waals surface area contributed by atoms with Crippen molar-refractivity contribution < 1.29 is 9.53 Å². The summed E-state index contributed by atoms with van der Waals surface area (Å²) in [6.45, 7) is 0. The van der Waals surface area contributed by atoms with Crippen molar-refractivity contribution in [3.05, 3.63) is 23.8 Å². The Hall–Kier alpha value is -2.53. The standard InChI is InChI=1S/C15H15N3O2/c1-20-12-6-4-5-11(9-16)13(12)18-14(19)15(10-17)7-2-3-8-15/h4-6H,2-3,7-8H2,1H3,(H,18,19). The first-order valence-corrected chi connectivity index (χ1v) is 6.46. The molecule has 0 bridgehead atoms. The van der Waals surface area contributed by atoms with E-state index in [-0.39, 0.29) is 5.91 Å². The summed E-state index contributed by atoms with van der Waals surface area (Å²) in [7, 11) is 1.47. The van der Waals surface area contributed by atoms with Crippen LogP contribution in [-0.4, -0.2) is 13.0 Å². The van der Waals surface area contributed by atoms with Gasteiger partial charge in [0.1, 0.15) is 22.9 Å². The molecule has 1 aromatic rings. The second kappa shape index (κ2) is 5.63. The van der Waals surface area contributed by atoms with Crippen LogP contribution in [0.2, 0.25) is 0 Å². The van der Waals surface area contributed by atoms with Crippen LogP contribution in [-0.2, 0) is 4.79 Å². The van der Waals surface area contributed by atoms with E-state index < -0.39 is 5.41 Å². The van der Waals surface area contributed by atoms with Gasteiger partial charge in [0, 0.05) is 0 Å². The molecule has 0 atom stereocenters. The highest BCUT2D eigenvalue weighted by atomic mass is 16.5. The molecule has 0 radical (unpaired) electrons. The van der Waals surface area contributed by atoms with Crippen molar-refractivity contribution in [1.29, 1.82) is 10.5 Å². The topological polar surface area (TPSA) is 85.9 Å². The van der Waals surface area contributed by atoms with Crippen LogP contribution in [0.25, 0.3) is 0 Å². The molecule has 5 heteroatoms. The molecule has 5 nitrogen and oxygen atoms in total. The number of nitrogens with zero attached hydrogens (tertiary/aromatic N) is 2. The number of hydrogen-bond acceptors (Lipinski definition) is 4. The Bertz CT molecular complexity index is 605. The fourth-order valence-corrected chi connectivity index (χ4v) is 2.52. The van der Waals surface area contributed by atoms with Crippen molar-refractivity contribution in [3.8, 4) is 17.9 Å². The van der Waals surface area contributed by atoms with E-state index in [1.165, 1.54) is 7.11 Å². The molecule has 20 heavy (non-hydrogen) atoms. The molecule has 0 aliphatic heterocycles. The Kier molecular flexibility index (Phi) is 3.91. The lowest BCUT2D eigenvalue weighted by Gasteiger charge is -2.20. The number of rotatable bonds is 3. The number of methoxy groups -OCH3 is 1. The van der Waals surface area contributed by atoms with E-state index in [0.717, 1.165) is 12.8 Å². The number of nitrogens with one attached hydrogen (secondary N) is 1. The molecule has 0 saturated heterocycles. The minimum Gasteiger partial charge on any atom is -0.495 e. The number of para-hydroxylation sites is 1. The Balaban J connectivity index is 2.33. The molecule has 1 aliphatic rings. The van der Waals surface area contributed by atoms with Gasteiger partial charge in [-0.25, -0.2) is 0 Å². The highest BCUT2D eigenvalue weighted by molar-refractivity contribution is 5.99. The van der Waals surface area contributed by atoms with E-state index in [9.17, 15) is 10.1 Å². The van der Waals surface area contributed by atoms with Gasteiger partial charge in [-0.2, -0.15) is 10.5 Å². The summed E-state index contributed by atoms with van der Waals surface area (Å²) in [5.74, 6) is 0.0713. The third kappa shape index (κ3) is 2.31. The third-order valence-corrected chi connectivity index (χ3v) is 3.71. The quantitative estimate of drug-likeness (QED) is 0.913. The van der Waals surface area contributed by atoms with Gasteiger partial charge in [-0.1, -0.05) is 18.9 Å². The normalized spacial score (nSPS) is 15.9. The number of carbonyl (C=O) groups excluding carboxylic acids is 1. The molecular weight excluding hydrogens is 254 g/mol. The van der Waals surface area contributed by atoms with E-state index in [0.29, 0.717) is 29.8 Å². The van der Waals surface area contributed by atoms with Crippen LogP contribution in [0.5, 0.6) is 5.75 Å². The first-order valence-electron chi connectivity index (χ1n) is 6.46. The molecule has 0 unspecified atom stereocenters. The fourth-order valence-electron chi connectivity index (χ4n) is 2.52. The molecular formula is C15H15N3O2. The number of hydrogen-bond donors (Lipinski definition) is 1. The highest BCUT2D eigenvalue weighted by Gasteiger charge is 2.42. The number of nitriles is 2. The van der Waals surface area contributed by atoms with E-state index in [1.807, 2.05) is 6.07 Å². The molecule has 1 aliphatic carbocycles. The van der Waals surface area contributed by atoms with E-state index in [4.69, 9.17) is 10.00 Å². The SMILES string of the molecule is COc1cccc(C#N)c1NC(=O)C1(C#N)CCCC1. The van der Waals surface area contributed by atoms with E-state index in [1.54, 1.807) is 18.2 Å². The second-order valence-corrected chi connectivity index (χ2v) is 4.85. The maximum Gasteiger partial charge on any atom is 0.244 e. The van der Waals surface area contributed by atoms with Crippen LogP contribution >= 0.6 is 0 Å². The number of carbonyl (C=O) groups is 1. The van der Waals surface area contributed by atoms with Crippen LogP contribution in [0.1, 0.15) is 31.2 Å². The van der Waals surface area contributed by atoms with Gasteiger partial charge in [-0.15, -0.1) is 0 Å². The zero-order chi connectivity index (χ0) is 14.6. The van der Waals surface area contributed by atoms with E-state index in [2.05, 4.69) is 11.4 Å². The Morgan fingerprint density at radius 2 is 2.05 bits per heavy atom. The van der Waals surface area contributed by atoms with Crippen molar-refractivity contribution in [2.24, 2.45) is 5.41 Å². The number of amides is 1. The van der Waals surface area contributed by atoms with Gasteiger partial charge in [-0.05, 0) is 25.0 Å². The molecule has 1 amide bonds. The summed E-state index contributed by atoms with van der Waals surface area (Å²) in [5.41, 5.74) is -0.319. The van der Waals surface area contributed by atoms with Crippen LogP contribution < -0.4 is 10.1 Å². The van der Waals surface area contributed by atoms with Crippen molar-refractivity contribution in [3.63, 3.8) is 0 Å². The molecule has 1 aromatic carbocycles. The fraction of sp³-hybridized carbons (Fsp3) is 0.400. The Morgan fingerprint density at radius 3 is 2.60 bits per heavy atom. The average molecular weight is 269 g/mol. The van der Waals surface area contributed by atoms with Gasteiger partial charge in [-0.3, -0.25) is 4.79 Å². The molecule has 0 heterocycles.